The largest absolute Gasteiger partial charge is 0.522 e. The molecule has 0 atom stereocenters. The Morgan fingerprint density at radius 1 is 1.23 bits per heavy atom. The van der Waals surface area contributed by atoms with Crippen LogP contribution in [-0.4, -0.2) is 54.8 Å². The van der Waals surface area contributed by atoms with E-state index in [4.69, 9.17) is 9.15 Å². The highest BCUT2D eigenvalue weighted by molar-refractivity contribution is 5.79. The zero-order valence-corrected chi connectivity index (χ0v) is 17.2. The molecule has 0 saturated heterocycles. The molecule has 0 spiro atoms. The Bertz CT molecular complexity index is 925. The second-order valence-electron chi connectivity index (χ2n) is 8.35. The third kappa shape index (κ3) is 4.60. The molecule has 1 aromatic carbocycles. The van der Waals surface area contributed by atoms with Crippen LogP contribution in [0.3, 0.4) is 0 Å². The van der Waals surface area contributed by atoms with Gasteiger partial charge in [0.1, 0.15) is 5.75 Å². The number of nitrogens with zero attached hydrogens (tertiary/aromatic N) is 3. The molecule has 0 aliphatic heterocycles. The van der Waals surface area contributed by atoms with Gasteiger partial charge in [0.2, 0.25) is 5.89 Å². The van der Waals surface area contributed by atoms with E-state index < -0.39 is 13.0 Å². The van der Waals surface area contributed by atoms with E-state index in [-0.39, 0.29) is 36.0 Å². The first-order valence-corrected chi connectivity index (χ1v) is 9.85. The van der Waals surface area contributed by atoms with Crippen LogP contribution in [0.5, 0.6) is 5.75 Å². The standard InChI is InChI=1S/C20H23F3N4O4/c1-13-3-5-14(6-4-13)29-9-15(28)24-19-10-18(11-19,12-19)16-25-26-17(31-16)27(2)7-8-30-20(21,22)23/h3-6H,7-12H2,1-2H3,(H,24,28). The number of amides is 1. The van der Waals surface area contributed by atoms with Crippen molar-refractivity contribution in [3.8, 4) is 5.75 Å². The number of nitrogens with one attached hydrogen (secondary N) is 1. The molecular weight excluding hydrogens is 417 g/mol. The fourth-order valence-electron chi connectivity index (χ4n) is 4.24. The molecule has 3 saturated carbocycles. The minimum atomic E-state index is -4.67. The van der Waals surface area contributed by atoms with Gasteiger partial charge in [0.25, 0.3) is 5.91 Å². The lowest BCUT2D eigenvalue weighted by Gasteiger charge is -2.68. The maximum atomic E-state index is 12.2. The monoisotopic (exact) mass is 440 g/mol. The molecule has 3 aliphatic carbocycles. The Labute approximate surface area is 176 Å². The van der Waals surface area contributed by atoms with Gasteiger partial charge in [-0.05, 0) is 38.3 Å². The Balaban J connectivity index is 1.23. The highest BCUT2D eigenvalue weighted by Crippen LogP contribution is 2.67. The number of carbonyl (C=O) groups is 1. The second-order valence-corrected chi connectivity index (χ2v) is 8.35. The van der Waals surface area contributed by atoms with Crippen LogP contribution in [-0.2, 0) is 14.9 Å². The molecule has 11 heteroatoms. The van der Waals surface area contributed by atoms with Crippen LogP contribution in [0.15, 0.2) is 28.7 Å². The quantitative estimate of drug-likeness (QED) is 0.641. The van der Waals surface area contributed by atoms with Crippen molar-refractivity contribution < 1.29 is 31.9 Å². The zero-order chi connectivity index (χ0) is 22.3. The number of anilines is 1. The number of halogens is 3. The summed E-state index contributed by atoms with van der Waals surface area (Å²) in [4.78, 5) is 13.6. The predicted octanol–water partition coefficient (Wildman–Crippen LogP) is 2.72. The first-order valence-electron chi connectivity index (χ1n) is 9.85. The van der Waals surface area contributed by atoms with Crippen molar-refractivity contribution >= 4 is 11.9 Å². The molecule has 31 heavy (non-hydrogen) atoms. The van der Waals surface area contributed by atoms with E-state index in [0.29, 0.717) is 30.9 Å². The molecule has 2 aromatic rings. The van der Waals surface area contributed by atoms with Crippen LogP contribution >= 0.6 is 0 Å². The van der Waals surface area contributed by atoms with Gasteiger partial charge < -0.3 is 19.4 Å². The zero-order valence-electron chi connectivity index (χ0n) is 17.2. The fourth-order valence-corrected chi connectivity index (χ4v) is 4.24. The van der Waals surface area contributed by atoms with Crippen molar-refractivity contribution in [2.45, 2.75) is 43.5 Å². The summed E-state index contributed by atoms with van der Waals surface area (Å²) >= 11 is 0. The summed E-state index contributed by atoms with van der Waals surface area (Å²) in [7, 11) is 1.55. The Morgan fingerprint density at radius 2 is 1.90 bits per heavy atom. The minimum absolute atomic E-state index is 0.0465. The lowest BCUT2D eigenvalue weighted by Crippen LogP contribution is -2.77. The van der Waals surface area contributed by atoms with Crippen molar-refractivity contribution in [3.63, 3.8) is 0 Å². The van der Waals surface area contributed by atoms with E-state index in [1.807, 2.05) is 31.2 Å². The lowest BCUT2D eigenvalue weighted by molar-refractivity contribution is -0.323. The van der Waals surface area contributed by atoms with Gasteiger partial charge in [0.15, 0.2) is 6.61 Å². The Hall–Kier alpha value is -2.82. The van der Waals surface area contributed by atoms with Crippen LogP contribution in [0.4, 0.5) is 19.2 Å². The van der Waals surface area contributed by atoms with Crippen LogP contribution in [0, 0.1) is 6.92 Å². The molecule has 3 aliphatic rings. The molecular formula is C20H23F3N4O4. The summed E-state index contributed by atoms with van der Waals surface area (Å²) in [6, 6.07) is 7.60. The molecule has 1 heterocycles. The van der Waals surface area contributed by atoms with Gasteiger partial charge in [-0.15, -0.1) is 18.3 Å². The average molecular weight is 440 g/mol. The van der Waals surface area contributed by atoms with Crippen molar-refractivity contribution in [1.82, 2.24) is 15.5 Å². The van der Waals surface area contributed by atoms with E-state index in [1.54, 1.807) is 7.05 Å². The molecule has 168 valence electrons. The molecule has 5 rings (SSSR count). The van der Waals surface area contributed by atoms with Crippen molar-refractivity contribution in [2.24, 2.45) is 0 Å². The van der Waals surface area contributed by atoms with Crippen molar-refractivity contribution in [2.75, 3.05) is 31.7 Å². The summed E-state index contributed by atoms with van der Waals surface area (Å²) < 4.78 is 51.2. The highest BCUT2D eigenvalue weighted by atomic mass is 19.4. The maximum absolute atomic E-state index is 12.2. The van der Waals surface area contributed by atoms with Crippen molar-refractivity contribution in [3.05, 3.63) is 35.7 Å². The Morgan fingerprint density at radius 3 is 2.55 bits per heavy atom. The summed E-state index contributed by atoms with van der Waals surface area (Å²) in [6.45, 7) is 1.33. The average Bonchev–Trinajstić information content (AvgIpc) is 3.12. The third-order valence-electron chi connectivity index (χ3n) is 5.71. The first-order chi connectivity index (χ1) is 14.6. The second kappa shape index (κ2) is 7.70. The minimum Gasteiger partial charge on any atom is -0.484 e. The number of alkyl halides is 3. The maximum Gasteiger partial charge on any atom is 0.522 e. The number of benzene rings is 1. The number of rotatable bonds is 9. The number of aryl methyl sites for hydroxylation is 1. The fraction of sp³-hybridized carbons (Fsp3) is 0.550. The summed E-state index contributed by atoms with van der Waals surface area (Å²) in [5.74, 6) is 0.889. The van der Waals surface area contributed by atoms with Crippen LogP contribution < -0.4 is 15.0 Å². The van der Waals surface area contributed by atoms with Gasteiger partial charge in [-0.2, -0.15) is 0 Å². The molecule has 1 aromatic heterocycles. The van der Waals surface area contributed by atoms with Crippen LogP contribution in [0.1, 0.15) is 30.7 Å². The van der Waals surface area contributed by atoms with Gasteiger partial charge in [0.05, 0.1) is 12.0 Å². The van der Waals surface area contributed by atoms with E-state index >= 15 is 0 Å². The van der Waals surface area contributed by atoms with Gasteiger partial charge in [-0.25, -0.2) is 0 Å². The summed E-state index contributed by atoms with van der Waals surface area (Å²) in [5.41, 5.74) is 0.551. The number of hydrogen-bond donors (Lipinski definition) is 1. The van der Waals surface area contributed by atoms with Gasteiger partial charge >= 0.3 is 12.4 Å². The van der Waals surface area contributed by atoms with Crippen LogP contribution in [0.25, 0.3) is 0 Å². The summed E-state index contributed by atoms with van der Waals surface area (Å²) in [5, 5.41) is 11.0. The van der Waals surface area contributed by atoms with E-state index in [1.165, 1.54) is 4.90 Å². The number of carbonyl (C=O) groups excluding carboxylic acids is 1. The van der Waals surface area contributed by atoms with Gasteiger partial charge in [-0.3, -0.25) is 9.53 Å². The molecule has 0 unspecified atom stereocenters. The molecule has 1 amide bonds. The van der Waals surface area contributed by atoms with Gasteiger partial charge in [-0.1, -0.05) is 22.8 Å². The van der Waals surface area contributed by atoms with E-state index in [9.17, 15) is 18.0 Å². The summed E-state index contributed by atoms with van der Waals surface area (Å²) in [6.07, 6.45) is -2.63. The molecule has 8 nitrogen and oxygen atoms in total. The first kappa shape index (κ1) is 21.4. The lowest BCUT2D eigenvalue weighted by atomic mass is 9.39. The number of likely N-dealkylation sites (N-methyl/N-ethyl adjacent to an activating group) is 1. The molecule has 2 bridgehead atoms. The van der Waals surface area contributed by atoms with E-state index in [2.05, 4.69) is 20.3 Å². The molecule has 0 radical (unpaired) electrons. The number of hydrogen-bond acceptors (Lipinski definition) is 7. The predicted molar refractivity (Wildman–Crippen MR) is 103 cm³/mol. The smallest absolute Gasteiger partial charge is 0.484 e. The normalized spacial score (nSPS) is 24.2. The molecule has 3 fully saturated rings. The van der Waals surface area contributed by atoms with E-state index in [0.717, 1.165) is 5.56 Å². The van der Waals surface area contributed by atoms with Gasteiger partial charge in [0, 0.05) is 19.1 Å². The van der Waals surface area contributed by atoms with Crippen LogP contribution in [0.2, 0.25) is 0 Å². The third-order valence-corrected chi connectivity index (χ3v) is 5.71. The molecule has 1 N–H and O–H groups in total. The Kier molecular flexibility index (Phi) is 5.32. The number of aromatic nitrogens is 2. The highest BCUT2D eigenvalue weighted by Gasteiger charge is 2.71. The topological polar surface area (TPSA) is 89.7 Å². The SMILES string of the molecule is Cc1ccc(OCC(=O)NC23CC(c4nnc(N(C)CCOC(F)(F)F)o4)(C2)C3)cc1. The number of ether oxygens (including phenoxy) is 2. The van der Waals surface area contributed by atoms with Crippen molar-refractivity contribution in [1.29, 1.82) is 0 Å².